The number of hydrogen-bond donors (Lipinski definition) is 2. The number of nitrogens with zero attached hydrogens (tertiary/aromatic N) is 2. The molecule has 200 valence electrons. The number of ether oxygens (including phenoxy) is 2. The maximum absolute atomic E-state index is 13.6. The van der Waals surface area contributed by atoms with Crippen molar-refractivity contribution in [1.82, 2.24) is 15.1 Å². The molecule has 0 aliphatic carbocycles. The molecule has 0 aromatic heterocycles. The summed E-state index contributed by atoms with van der Waals surface area (Å²) in [5.74, 6) is -0.651. The average molecular weight is 505 g/mol. The molecule has 1 aromatic rings. The van der Waals surface area contributed by atoms with Crippen molar-refractivity contribution in [1.29, 1.82) is 0 Å². The first-order valence-electron chi connectivity index (χ1n) is 12.4. The topological polar surface area (TPSA) is 131 Å². The minimum Gasteiger partial charge on any atom is -0.497 e. The monoisotopic (exact) mass is 504 g/mol. The number of benzene rings is 1. The third-order valence-corrected chi connectivity index (χ3v) is 6.44. The van der Waals surface area contributed by atoms with Gasteiger partial charge in [0.2, 0.25) is 17.7 Å². The van der Waals surface area contributed by atoms with Gasteiger partial charge in [0.25, 0.3) is 0 Å². The van der Waals surface area contributed by atoms with Gasteiger partial charge in [0, 0.05) is 20.0 Å². The Balaban J connectivity index is 2.23. The van der Waals surface area contributed by atoms with Gasteiger partial charge in [0.15, 0.2) is 0 Å². The zero-order chi connectivity index (χ0) is 26.8. The number of esters is 1. The molecule has 0 bridgehead atoms. The number of hydrogen-bond acceptors (Lipinski definition) is 7. The largest absolute Gasteiger partial charge is 0.497 e. The van der Waals surface area contributed by atoms with Crippen LogP contribution >= 0.6 is 0 Å². The normalized spacial score (nSPS) is 16.9. The molecular weight excluding hydrogens is 464 g/mol. The summed E-state index contributed by atoms with van der Waals surface area (Å²) < 4.78 is 10.5. The van der Waals surface area contributed by atoms with Crippen molar-refractivity contribution >= 4 is 23.7 Å². The lowest BCUT2D eigenvalue weighted by molar-refractivity contribution is -0.156. The van der Waals surface area contributed by atoms with E-state index in [1.54, 1.807) is 38.2 Å². The standard InChI is InChI=1S/C26H40N4O6/c1-17(2)15-20(28-3)24(32)30-13-6-7-21(30)25(33)29(4)22(26(34)36-14-12-23(27)31)16-18-8-10-19(35-5)11-9-18/h8-11,17,20-22,28H,6-7,12-16H2,1-5H3,(H2,27,31). The third kappa shape index (κ3) is 7.94. The minimum atomic E-state index is -0.938. The molecule has 1 aromatic carbocycles. The highest BCUT2D eigenvalue weighted by molar-refractivity contribution is 5.92. The molecule has 36 heavy (non-hydrogen) atoms. The van der Waals surface area contributed by atoms with Crippen LogP contribution in [0.25, 0.3) is 0 Å². The molecule has 0 spiro atoms. The zero-order valence-electron chi connectivity index (χ0n) is 22.0. The van der Waals surface area contributed by atoms with Crippen LogP contribution in [0.5, 0.6) is 5.75 Å². The van der Waals surface area contributed by atoms with Crippen molar-refractivity contribution in [2.75, 3.05) is 34.4 Å². The first kappa shape index (κ1) is 29.1. The van der Waals surface area contributed by atoms with Gasteiger partial charge in [0.1, 0.15) is 24.4 Å². The van der Waals surface area contributed by atoms with E-state index in [1.165, 1.54) is 4.90 Å². The average Bonchev–Trinajstić information content (AvgIpc) is 3.34. The van der Waals surface area contributed by atoms with E-state index in [1.807, 2.05) is 26.0 Å². The molecule has 1 saturated heterocycles. The number of primary amides is 1. The Labute approximate surface area is 213 Å². The molecule has 3 atom stereocenters. The van der Waals surface area contributed by atoms with Gasteiger partial charge in [-0.25, -0.2) is 4.79 Å². The van der Waals surface area contributed by atoms with Gasteiger partial charge >= 0.3 is 5.97 Å². The number of rotatable bonds is 13. The van der Waals surface area contributed by atoms with E-state index in [2.05, 4.69) is 5.32 Å². The van der Waals surface area contributed by atoms with Gasteiger partial charge in [-0.05, 0) is 49.9 Å². The van der Waals surface area contributed by atoms with Crippen LogP contribution in [-0.2, 0) is 30.3 Å². The lowest BCUT2D eigenvalue weighted by Crippen LogP contribution is -2.55. The smallest absolute Gasteiger partial charge is 0.329 e. The number of carbonyl (C=O) groups is 4. The summed E-state index contributed by atoms with van der Waals surface area (Å²) in [5, 5.41) is 3.08. The van der Waals surface area contributed by atoms with Crippen LogP contribution in [0, 0.1) is 5.92 Å². The molecule has 1 fully saturated rings. The molecule has 0 radical (unpaired) electrons. The fourth-order valence-electron chi connectivity index (χ4n) is 4.40. The second-order valence-corrected chi connectivity index (χ2v) is 9.56. The minimum absolute atomic E-state index is 0.105. The fraction of sp³-hybridized carbons (Fsp3) is 0.615. The molecular formula is C26H40N4O6. The summed E-state index contributed by atoms with van der Waals surface area (Å²) in [6, 6.07) is 5.21. The van der Waals surface area contributed by atoms with Crippen molar-refractivity contribution in [3.05, 3.63) is 29.8 Å². The highest BCUT2D eigenvalue weighted by Crippen LogP contribution is 2.23. The molecule has 10 heteroatoms. The van der Waals surface area contributed by atoms with Crippen molar-refractivity contribution in [2.45, 2.75) is 64.1 Å². The molecule has 3 unspecified atom stereocenters. The van der Waals surface area contributed by atoms with Crippen LogP contribution in [0.3, 0.4) is 0 Å². The summed E-state index contributed by atoms with van der Waals surface area (Å²) in [7, 11) is 4.86. The van der Waals surface area contributed by atoms with E-state index < -0.39 is 24.0 Å². The summed E-state index contributed by atoms with van der Waals surface area (Å²) in [6.07, 6.45) is 1.99. The first-order chi connectivity index (χ1) is 17.1. The number of likely N-dealkylation sites (tertiary alicyclic amines) is 1. The van der Waals surface area contributed by atoms with Gasteiger partial charge in [-0.15, -0.1) is 0 Å². The van der Waals surface area contributed by atoms with E-state index in [0.717, 1.165) is 5.56 Å². The Bertz CT molecular complexity index is 904. The predicted octanol–water partition coefficient (Wildman–Crippen LogP) is 1.11. The van der Waals surface area contributed by atoms with E-state index in [9.17, 15) is 19.2 Å². The second kappa shape index (κ2) is 13.8. The molecule has 3 amide bonds. The number of methoxy groups -OCH3 is 1. The van der Waals surface area contributed by atoms with Crippen LogP contribution in [-0.4, -0.2) is 86.0 Å². The van der Waals surface area contributed by atoms with Crippen molar-refractivity contribution in [2.24, 2.45) is 11.7 Å². The first-order valence-corrected chi connectivity index (χ1v) is 12.4. The SMILES string of the molecule is CNC(CC(C)C)C(=O)N1CCCC1C(=O)N(C)C(Cc1ccc(OC)cc1)C(=O)OCCC(N)=O. The molecule has 1 aliphatic heterocycles. The van der Waals surface area contributed by atoms with Crippen molar-refractivity contribution in [3.63, 3.8) is 0 Å². The molecule has 3 N–H and O–H groups in total. The van der Waals surface area contributed by atoms with Crippen molar-refractivity contribution in [3.8, 4) is 5.75 Å². The van der Waals surface area contributed by atoms with Gasteiger partial charge in [-0.2, -0.15) is 0 Å². The molecule has 1 aliphatic rings. The lowest BCUT2D eigenvalue weighted by Gasteiger charge is -2.34. The Kier molecular flexibility index (Phi) is 11.2. The van der Waals surface area contributed by atoms with Gasteiger partial charge in [0.05, 0.1) is 19.6 Å². The zero-order valence-corrected chi connectivity index (χ0v) is 22.0. The van der Waals surface area contributed by atoms with Gasteiger partial charge in [-0.1, -0.05) is 26.0 Å². The van der Waals surface area contributed by atoms with Crippen molar-refractivity contribution < 1.29 is 28.7 Å². The number of likely N-dealkylation sites (N-methyl/N-ethyl adjacent to an activating group) is 2. The summed E-state index contributed by atoms with van der Waals surface area (Å²) in [6.45, 7) is 4.42. The maximum Gasteiger partial charge on any atom is 0.329 e. The molecule has 0 saturated carbocycles. The van der Waals surface area contributed by atoms with Gasteiger partial charge < -0.3 is 30.3 Å². The third-order valence-electron chi connectivity index (χ3n) is 6.44. The summed E-state index contributed by atoms with van der Waals surface area (Å²) in [5.41, 5.74) is 5.96. The Morgan fingerprint density at radius 1 is 1.19 bits per heavy atom. The number of nitrogens with two attached hydrogens (primary N) is 1. The Hall–Kier alpha value is -3.14. The number of nitrogens with one attached hydrogen (secondary N) is 1. The van der Waals surface area contributed by atoms with Crippen LogP contribution in [0.4, 0.5) is 0 Å². The summed E-state index contributed by atoms with van der Waals surface area (Å²) in [4.78, 5) is 54.0. The van der Waals surface area contributed by atoms with E-state index in [-0.39, 0.29) is 37.3 Å². The quantitative estimate of drug-likeness (QED) is 0.385. The highest BCUT2D eigenvalue weighted by Gasteiger charge is 2.40. The molecule has 2 rings (SSSR count). The van der Waals surface area contributed by atoms with E-state index in [4.69, 9.17) is 15.2 Å². The van der Waals surface area contributed by atoms with Crippen LogP contribution in [0.15, 0.2) is 24.3 Å². The summed E-state index contributed by atoms with van der Waals surface area (Å²) >= 11 is 0. The highest BCUT2D eigenvalue weighted by atomic mass is 16.5. The van der Waals surface area contributed by atoms with E-state index >= 15 is 0 Å². The lowest BCUT2D eigenvalue weighted by atomic mass is 10.0. The molecule has 10 nitrogen and oxygen atoms in total. The fourth-order valence-corrected chi connectivity index (χ4v) is 4.40. The van der Waals surface area contributed by atoms with Crippen LogP contribution in [0.2, 0.25) is 0 Å². The second-order valence-electron chi connectivity index (χ2n) is 9.56. The number of carbonyl (C=O) groups excluding carboxylic acids is 4. The Morgan fingerprint density at radius 2 is 1.86 bits per heavy atom. The Morgan fingerprint density at radius 3 is 2.42 bits per heavy atom. The maximum atomic E-state index is 13.6. The van der Waals surface area contributed by atoms with Gasteiger partial charge in [-0.3, -0.25) is 14.4 Å². The molecule has 1 heterocycles. The predicted molar refractivity (Wildman–Crippen MR) is 135 cm³/mol. The number of amides is 3. The van der Waals surface area contributed by atoms with Crippen LogP contribution in [0.1, 0.15) is 45.1 Å². The van der Waals surface area contributed by atoms with E-state index in [0.29, 0.717) is 37.5 Å². The van der Waals surface area contributed by atoms with Crippen LogP contribution < -0.4 is 15.8 Å².